The molecule has 0 amide bonds. The number of benzene rings is 2. The molecule has 3 heterocycles. The molecule has 2 N–H and O–H groups in total. The molecule has 2 aliphatic rings. The molecule has 0 bridgehead atoms. The van der Waals surface area contributed by atoms with Gasteiger partial charge < -0.3 is 10.2 Å². The second-order valence-corrected chi connectivity index (χ2v) is 9.66. The van der Waals surface area contributed by atoms with Gasteiger partial charge in [-0.25, -0.2) is 13.7 Å². The minimum Gasteiger partial charge on any atom is -0.324 e. The first-order valence-electron chi connectivity index (χ1n) is 11.2. The Morgan fingerprint density at radius 2 is 2.15 bits per heavy atom. The van der Waals surface area contributed by atoms with Crippen LogP contribution in [0.25, 0.3) is 10.9 Å². The topological polar surface area (TPSA) is 73.0 Å². The molecule has 168 valence electrons. The number of aromatic amines is 1. The van der Waals surface area contributed by atoms with Crippen molar-refractivity contribution >= 4 is 46.0 Å². The van der Waals surface area contributed by atoms with Gasteiger partial charge in [-0.2, -0.15) is 10.1 Å². The predicted octanol–water partition coefficient (Wildman–Crippen LogP) is 5.63. The largest absolute Gasteiger partial charge is 0.324 e. The summed E-state index contributed by atoms with van der Waals surface area (Å²) in [5, 5.41) is 11.3. The molecule has 0 unspecified atom stereocenters. The molecule has 2 aromatic carbocycles. The molecule has 1 fully saturated rings. The van der Waals surface area contributed by atoms with Gasteiger partial charge in [-0.3, -0.25) is 5.10 Å². The lowest BCUT2D eigenvalue weighted by atomic mass is 10.2. The molecule has 6 rings (SSSR count). The molecule has 0 atom stereocenters. The Labute approximate surface area is 195 Å². The summed E-state index contributed by atoms with van der Waals surface area (Å²) in [6, 6.07) is 12.1. The molecule has 7 nitrogen and oxygen atoms in total. The van der Waals surface area contributed by atoms with Crippen LogP contribution in [-0.4, -0.2) is 37.6 Å². The first-order valence-corrected chi connectivity index (χ1v) is 12.0. The summed E-state index contributed by atoms with van der Waals surface area (Å²) < 4.78 is 17.3. The van der Waals surface area contributed by atoms with Gasteiger partial charge in [0.05, 0.1) is 23.6 Å². The Bertz CT molecular complexity index is 1320. The molecule has 33 heavy (non-hydrogen) atoms. The number of rotatable bonds is 7. The van der Waals surface area contributed by atoms with Crippen LogP contribution in [0.3, 0.4) is 0 Å². The van der Waals surface area contributed by atoms with Gasteiger partial charge >= 0.3 is 0 Å². The van der Waals surface area contributed by atoms with Crippen molar-refractivity contribution in [3.05, 3.63) is 60.2 Å². The second kappa shape index (κ2) is 8.31. The van der Waals surface area contributed by atoms with E-state index >= 15 is 0 Å². The fraction of sp³-hybridized carbons (Fsp3) is 0.292. The minimum atomic E-state index is -0.469. The highest BCUT2D eigenvalue weighted by Crippen LogP contribution is 2.41. The molecule has 0 spiro atoms. The van der Waals surface area contributed by atoms with Crippen LogP contribution in [0.1, 0.15) is 25.3 Å². The van der Waals surface area contributed by atoms with E-state index in [-0.39, 0.29) is 5.82 Å². The zero-order valence-electron chi connectivity index (χ0n) is 18.3. The number of fused-ring (bicyclic) bond motifs is 2. The summed E-state index contributed by atoms with van der Waals surface area (Å²) in [7, 11) is 0. The van der Waals surface area contributed by atoms with Gasteiger partial charge in [0.15, 0.2) is 11.6 Å². The summed E-state index contributed by atoms with van der Waals surface area (Å²) in [5.41, 5.74) is 3.98. The zero-order chi connectivity index (χ0) is 22.4. The predicted molar refractivity (Wildman–Crippen MR) is 129 cm³/mol. The van der Waals surface area contributed by atoms with Crippen LogP contribution < -0.4 is 10.2 Å². The van der Waals surface area contributed by atoms with Gasteiger partial charge in [-0.15, -0.1) is 0 Å². The maximum atomic E-state index is 14.9. The first kappa shape index (κ1) is 20.4. The lowest BCUT2D eigenvalue weighted by Gasteiger charge is -2.23. The van der Waals surface area contributed by atoms with Gasteiger partial charge in [0.25, 0.3) is 0 Å². The molecule has 2 aromatic heterocycles. The average Bonchev–Trinajstić information content (AvgIpc) is 3.33. The second-order valence-electron chi connectivity index (χ2n) is 8.52. The summed E-state index contributed by atoms with van der Waals surface area (Å²) in [4.78, 5) is 11.8. The van der Waals surface area contributed by atoms with E-state index in [1.807, 2.05) is 48.0 Å². The smallest absolute Gasteiger partial charge is 0.229 e. The van der Waals surface area contributed by atoms with Crippen LogP contribution in [0, 0.1) is 11.7 Å². The molecule has 1 aliphatic carbocycles. The molecule has 9 heteroatoms. The zero-order valence-corrected chi connectivity index (χ0v) is 19.1. The molecule has 1 aliphatic heterocycles. The van der Waals surface area contributed by atoms with Crippen molar-refractivity contribution in [1.29, 1.82) is 0 Å². The quantitative estimate of drug-likeness (QED) is 0.346. The number of hydrogen-bond acceptors (Lipinski definition) is 7. The van der Waals surface area contributed by atoms with Crippen molar-refractivity contribution in [1.82, 2.24) is 24.5 Å². The summed E-state index contributed by atoms with van der Waals surface area (Å²) in [5.74, 6) is 0.991. The van der Waals surface area contributed by atoms with Crippen LogP contribution in [0.2, 0.25) is 0 Å². The highest BCUT2D eigenvalue weighted by molar-refractivity contribution is 7.97. The molecule has 1 saturated carbocycles. The van der Waals surface area contributed by atoms with Crippen molar-refractivity contribution in [2.45, 2.75) is 31.2 Å². The van der Waals surface area contributed by atoms with E-state index in [0.717, 1.165) is 41.3 Å². The van der Waals surface area contributed by atoms with Crippen LogP contribution >= 0.6 is 11.9 Å². The normalized spacial score (nSPS) is 15.7. The molecular formula is C24H24FN7S. The Balaban J connectivity index is 1.26. The van der Waals surface area contributed by atoms with Crippen LogP contribution in [-0.2, 0) is 6.54 Å². The first-order chi connectivity index (χ1) is 16.2. The van der Waals surface area contributed by atoms with Gasteiger partial charge in [-0.05, 0) is 67.5 Å². The third kappa shape index (κ3) is 4.02. The molecular weight excluding hydrogens is 437 g/mol. The van der Waals surface area contributed by atoms with Gasteiger partial charge in [0.1, 0.15) is 0 Å². The number of anilines is 4. The highest BCUT2D eigenvalue weighted by Gasteiger charge is 2.28. The van der Waals surface area contributed by atoms with Crippen molar-refractivity contribution < 1.29 is 4.39 Å². The fourth-order valence-electron chi connectivity index (χ4n) is 4.26. The SMILES string of the molecule is CCN(c1nc(Nc2ccc3c(c2)SN(CC2CC2)C3)ncc1F)c1cccc2[nH]ncc12. The lowest BCUT2D eigenvalue weighted by molar-refractivity contribution is 0.455. The van der Waals surface area contributed by atoms with Gasteiger partial charge in [0, 0.05) is 35.6 Å². The number of aromatic nitrogens is 4. The van der Waals surface area contributed by atoms with Crippen molar-refractivity contribution in [3.63, 3.8) is 0 Å². The molecule has 4 aromatic rings. The Morgan fingerprint density at radius 3 is 3.00 bits per heavy atom. The maximum absolute atomic E-state index is 14.9. The standard InChI is InChI=1S/C24H24FN7S/c1-2-32(21-5-3-4-20-18(21)11-27-30-20)23-19(25)12-26-24(29-23)28-17-9-8-16-14-31(13-15-6-7-15)33-22(16)10-17/h3-5,8-12,15H,2,6-7,13-14H2,1H3,(H,27,30)(H,26,28,29). The van der Waals surface area contributed by atoms with E-state index in [9.17, 15) is 4.39 Å². The van der Waals surface area contributed by atoms with E-state index < -0.39 is 5.82 Å². The van der Waals surface area contributed by atoms with E-state index in [1.165, 1.54) is 29.5 Å². The monoisotopic (exact) mass is 461 g/mol. The highest BCUT2D eigenvalue weighted by atomic mass is 32.2. The summed E-state index contributed by atoms with van der Waals surface area (Å²) >= 11 is 1.82. The number of nitrogens with zero attached hydrogens (tertiary/aromatic N) is 5. The van der Waals surface area contributed by atoms with E-state index in [2.05, 4.69) is 41.9 Å². The lowest BCUT2D eigenvalue weighted by Crippen LogP contribution is -2.20. The average molecular weight is 462 g/mol. The van der Waals surface area contributed by atoms with Crippen molar-refractivity contribution in [2.24, 2.45) is 5.92 Å². The third-order valence-electron chi connectivity index (χ3n) is 6.11. The molecule has 0 radical (unpaired) electrons. The van der Waals surface area contributed by atoms with Crippen LogP contribution in [0.5, 0.6) is 0 Å². The van der Waals surface area contributed by atoms with Crippen LogP contribution in [0.15, 0.2) is 53.7 Å². The molecule has 0 saturated heterocycles. The van der Waals surface area contributed by atoms with E-state index in [1.54, 1.807) is 6.20 Å². The third-order valence-corrected chi connectivity index (χ3v) is 7.22. The van der Waals surface area contributed by atoms with Crippen molar-refractivity contribution in [3.8, 4) is 0 Å². The summed E-state index contributed by atoms with van der Waals surface area (Å²) in [6.07, 6.45) is 5.69. The number of H-pyrrole nitrogens is 1. The Morgan fingerprint density at radius 1 is 1.24 bits per heavy atom. The number of nitrogens with one attached hydrogen (secondary N) is 2. The maximum Gasteiger partial charge on any atom is 0.229 e. The van der Waals surface area contributed by atoms with Gasteiger partial charge in [-0.1, -0.05) is 12.1 Å². The fourth-order valence-corrected chi connectivity index (χ4v) is 5.46. The van der Waals surface area contributed by atoms with E-state index in [0.29, 0.717) is 12.5 Å². The minimum absolute atomic E-state index is 0.231. The Hall–Kier alpha value is -3.17. The number of halogens is 1. The van der Waals surface area contributed by atoms with Crippen LogP contribution in [0.4, 0.5) is 27.5 Å². The van der Waals surface area contributed by atoms with Crippen molar-refractivity contribution in [2.75, 3.05) is 23.3 Å². The summed E-state index contributed by atoms with van der Waals surface area (Å²) in [6.45, 7) is 4.66. The van der Waals surface area contributed by atoms with Gasteiger partial charge in [0.2, 0.25) is 5.95 Å². The van der Waals surface area contributed by atoms with E-state index in [4.69, 9.17) is 0 Å². The number of hydrogen-bond donors (Lipinski definition) is 2. The Kier molecular flexibility index (Phi) is 5.15.